The van der Waals surface area contributed by atoms with Crippen LogP contribution in [-0.4, -0.2) is 31.1 Å². The van der Waals surface area contributed by atoms with E-state index in [2.05, 4.69) is 4.90 Å². The van der Waals surface area contributed by atoms with Gasteiger partial charge in [0, 0.05) is 18.2 Å². The number of hydrogen-bond acceptors (Lipinski definition) is 2. The van der Waals surface area contributed by atoms with Crippen molar-refractivity contribution in [2.75, 3.05) is 20.1 Å². The summed E-state index contributed by atoms with van der Waals surface area (Å²) < 4.78 is 40.2. The molecule has 2 unspecified atom stereocenters. The third-order valence-electron chi connectivity index (χ3n) is 3.60. The fourth-order valence-electron chi connectivity index (χ4n) is 2.47. The van der Waals surface area contributed by atoms with Gasteiger partial charge in [0.15, 0.2) is 11.6 Å². The summed E-state index contributed by atoms with van der Waals surface area (Å²) in [5.41, 5.74) is 5.77. The summed E-state index contributed by atoms with van der Waals surface area (Å²) in [6.07, 6.45) is 0.931. The molecule has 2 atom stereocenters. The molecule has 0 spiro atoms. The Labute approximate surface area is 105 Å². The van der Waals surface area contributed by atoms with Crippen LogP contribution in [0, 0.1) is 23.4 Å². The molecule has 0 saturated carbocycles. The van der Waals surface area contributed by atoms with Crippen LogP contribution >= 0.6 is 0 Å². The van der Waals surface area contributed by atoms with Crippen LogP contribution in [0.1, 0.15) is 12.0 Å². The van der Waals surface area contributed by atoms with Gasteiger partial charge in [-0.05, 0) is 44.5 Å². The van der Waals surface area contributed by atoms with Crippen molar-refractivity contribution in [2.45, 2.75) is 18.9 Å². The average Bonchev–Trinajstić information content (AvgIpc) is 2.34. The third kappa shape index (κ3) is 2.67. The van der Waals surface area contributed by atoms with Crippen molar-refractivity contribution in [2.24, 2.45) is 11.7 Å². The number of halogens is 3. The van der Waals surface area contributed by atoms with Gasteiger partial charge in [-0.1, -0.05) is 0 Å². The molecular formula is C13H17F3N2. The van der Waals surface area contributed by atoms with E-state index in [9.17, 15) is 13.2 Å². The number of piperidine rings is 1. The zero-order valence-electron chi connectivity index (χ0n) is 10.3. The zero-order valence-corrected chi connectivity index (χ0v) is 10.3. The largest absolute Gasteiger partial charge is 0.327 e. The Morgan fingerprint density at radius 1 is 1.28 bits per heavy atom. The Bertz CT molecular complexity index is 436. The summed E-state index contributed by atoms with van der Waals surface area (Å²) >= 11 is 0. The van der Waals surface area contributed by atoms with Gasteiger partial charge in [0.1, 0.15) is 5.82 Å². The monoisotopic (exact) mass is 258 g/mol. The lowest BCUT2D eigenvalue weighted by Gasteiger charge is -2.34. The minimum absolute atomic E-state index is 0.0467. The second-order valence-electron chi connectivity index (χ2n) is 5.00. The fourth-order valence-corrected chi connectivity index (χ4v) is 2.47. The molecule has 1 heterocycles. The first-order valence-electron chi connectivity index (χ1n) is 6.05. The fraction of sp³-hybridized carbons (Fsp3) is 0.538. The first-order chi connectivity index (χ1) is 8.49. The van der Waals surface area contributed by atoms with E-state index in [0.29, 0.717) is 6.54 Å². The number of rotatable bonds is 2. The highest BCUT2D eigenvalue weighted by molar-refractivity contribution is 5.22. The van der Waals surface area contributed by atoms with Gasteiger partial charge >= 0.3 is 0 Å². The van der Waals surface area contributed by atoms with Crippen molar-refractivity contribution in [1.29, 1.82) is 0 Å². The van der Waals surface area contributed by atoms with Crippen molar-refractivity contribution in [3.05, 3.63) is 35.1 Å². The molecular weight excluding hydrogens is 241 g/mol. The van der Waals surface area contributed by atoms with E-state index < -0.39 is 17.5 Å². The van der Waals surface area contributed by atoms with Crippen LogP contribution in [0.15, 0.2) is 12.1 Å². The summed E-state index contributed by atoms with van der Waals surface area (Å²) in [5.74, 6) is -2.84. The topological polar surface area (TPSA) is 29.3 Å². The van der Waals surface area contributed by atoms with Gasteiger partial charge in [0.25, 0.3) is 0 Å². The third-order valence-corrected chi connectivity index (χ3v) is 3.60. The molecule has 0 bridgehead atoms. The van der Waals surface area contributed by atoms with Crippen LogP contribution in [0.4, 0.5) is 13.2 Å². The minimum atomic E-state index is -1.09. The quantitative estimate of drug-likeness (QED) is 0.821. The van der Waals surface area contributed by atoms with Gasteiger partial charge in [-0.15, -0.1) is 0 Å². The van der Waals surface area contributed by atoms with Crippen molar-refractivity contribution in [1.82, 2.24) is 4.90 Å². The second kappa shape index (κ2) is 5.28. The van der Waals surface area contributed by atoms with Gasteiger partial charge in [-0.2, -0.15) is 0 Å². The van der Waals surface area contributed by atoms with Gasteiger partial charge in [-0.3, -0.25) is 0 Å². The smallest absolute Gasteiger partial charge is 0.164 e. The molecule has 1 aromatic rings. The summed E-state index contributed by atoms with van der Waals surface area (Å²) in [6.45, 7) is 1.56. The molecule has 2 N–H and O–H groups in total. The molecule has 0 aromatic heterocycles. The summed E-state index contributed by atoms with van der Waals surface area (Å²) in [5, 5.41) is 0. The lowest BCUT2D eigenvalue weighted by molar-refractivity contribution is 0.183. The molecule has 100 valence electrons. The molecule has 1 aromatic carbocycles. The highest BCUT2D eigenvalue weighted by Crippen LogP contribution is 2.24. The van der Waals surface area contributed by atoms with Crippen LogP contribution in [0.2, 0.25) is 0 Å². The molecule has 18 heavy (non-hydrogen) atoms. The first-order valence-corrected chi connectivity index (χ1v) is 6.05. The van der Waals surface area contributed by atoms with E-state index >= 15 is 0 Å². The van der Waals surface area contributed by atoms with E-state index in [0.717, 1.165) is 25.1 Å². The van der Waals surface area contributed by atoms with Gasteiger partial charge < -0.3 is 10.6 Å². The SMILES string of the molecule is CN1CCC(N)C(Cc2c(F)ccc(F)c2F)C1. The lowest BCUT2D eigenvalue weighted by atomic mass is 9.87. The maximum Gasteiger partial charge on any atom is 0.164 e. The van der Waals surface area contributed by atoms with Crippen LogP contribution in [0.3, 0.4) is 0 Å². The summed E-state index contributed by atoms with van der Waals surface area (Å²) in [7, 11) is 1.94. The number of benzene rings is 1. The second-order valence-corrected chi connectivity index (χ2v) is 5.00. The van der Waals surface area contributed by atoms with E-state index in [1.807, 2.05) is 7.05 Å². The molecule has 0 aliphatic carbocycles. The van der Waals surface area contributed by atoms with Crippen molar-refractivity contribution in [3.8, 4) is 0 Å². The zero-order chi connectivity index (χ0) is 13.3. The average molecular weight is 258 g/mol. The van der Waals surface area contributed by atoms with E-state index in [-0.39, 0.29) is 23.9 Å². The Morgan fingerprint density at radius 2 is 1.94 bits per heavy atom. The highest BCUT2D eigenvalue weighted by Gasteiger charge is 2.27. The number of nitrogens with zero attached hydrogens (tertiary/aromatic N) is 1. The Balaban J connectivity index is 2.20. The van der Waals surface area contributed by atoms with Crippen LogP contribution < -0.4 is 5.73 Å². The molecule has 0 radical (unpaired) electrons. The maximum atomic E-state index is 13.6. The molecule has 1 aliphatic heterocycles. The Kier molecular flexibility index (Phi) is 3.92. The van der Waals surface area contributed by atoms with Gasteiger partial charge in [0.2, 0.25) is 0 Å². The predicted molar refractivity (Wildman–Crippen MR) is 63.6 cm³/mol. The van der Waals surface area contributed by atoms with E-state index in [4.69, 9.17) is 5.73 Å². The van der Waals surface area contributed by atoms with Gasteiger partial charge in [-0.25, -0.2) is 13.2 Å². The molecule has 2 rings (SSSR count). The van der Waals surface area contributed by atoms with Crippen LogP contribution in [0.25, 0.3) is 0 Å². The van der Waals surface area contributed by atoms with E-state index in [1.165, 1.54) is 0 Å². The molecule has 0 amide bonds. The summed E-state index contributed by atoms with van der Waals surface area (Å²) in [4.78, 5) is 2.07. The lowest BCUT2D eigenvalue weighted by Crippen LogP contribution is -2.46. The molecule has 2 nitrogen and oxygen atoms in total. The molecule has 1 fully saturated rings. The Hall–Kier alpha value is -1.07. The normalized spacial score (nSPS) is 25.4. The molecule has 1 saturated heterocycles. The Morgan fingerprint density at radius 3 is 2.67 bits per heavy atom. The highest BCUT2D eigenvalue weighted by atomic mass is 19.2. The standard InChI is InChI=1S/C13H17F3N2/c1-18-5-4-12(17)8(7-18)6-9-10(14)2-3-11(15)13(9)16/h2-3,8,12H,4-7,17H2,1H3. The number of likely N-dealkylation sites (tertiary alicyclic amines) is 1. The van der Waals surface area contributed by atoms with Crippen molar-refractivity contribution >= 4 is 0 Å². The maximum absolute atomic E-state index is 13.6. The van der Waals surface area contributed by atoms with Crippen LogP contribution in [-0.2, 0) is 6.42 Å². The van der Waals surface area contributed by atoms with Crippen molar-refractivity contribution in [3.63, 3.8) is 0 Å². The first kappa shape index (κ1) is 13.4. The number of hydrogen-bond donors (Lipinski definition) is 1. The minimum Gasteiger partial charge on any atom is -0.327 e. The predicted octanol–water partition coefficient (Wildman–Crippen LogP) is 1.93. The van der Waals surface area contributed by atoms with E-state index in [1.54, 1.807) is 0 Å². The number of nitrogens with two attached hydrogens (primary N) is 1. The van der Waals surface area contributed by atoms with Crippen molar-refractivity contribution < 1.29 is 13.2 Å². The van der Waals surface area contributed by atoms with Gasteiger partial charge in [0.05, 0.1) is 0 Å². The molecule has 1 aliphatic rings. The van der Waals surface area contributed by atoms with Crippen LogP contribution in [0.5, 0.6) is 0 Å². The molecule has 5 heteroatoms. The summed E-state index contributed by atoms with van der Waals surface area (Å²) in [6, 6.07) is 1.68.